The maximum absolute atomic E-state index is 12.4. The van der Waals surface area contributed by atoms with Crippen molar-refractivity contribution in [2.24, 2.45) is 0 Å². The summed E-state index contributed by atoms with van der Waals surface area (Å²) in [5, 5.41) is 4.23. The van der Waals surface area contributed by atoms with E-state index in [1.165, 1.54) is 4.90 Å². The van der Waals surface area contributed by atoms with Crippen molar-refractivity contribution in [1.29, 1.82) is 0 Å². The van der Waals surface area contributed by atoms with Gasteiger partial charge in [-0.2, -0.15) is 0 Å². The lowest BCUT2D eigenvalue weighted by Gasteiger charge is -2.16. The fraction of sp³-hybridized carbons (Fsp3) is 0.286. The highest BCUT2D eigenvalue weighted by Gasteiger charge is 2.22. The van der Waals surface area contributed by atoms with E-state index in [4.69, 9.17) is 25.6 Å². The van der Waals surface area contributed by atoms with Gasteiger partial charge in [0.05, 0.1) is 11.6 Å². The summed E-state index contributed by atoms with van der Waals surface area (Å²) in [5.74, 6) is 1.48. The number of carbonyl (C=O) groups excluding carboxylic acids is 1. The lowest BCUT2D eigenvalue weighted by Crippen LogP contribution is -2.26. The molecule has 6 nitrogen and oxygen atoms in total. The zero-order valence-electron chi connectivity index (χ0n) is 11.6. The van der Waals surface area contributed by atoms with E-state index in [1.807, 2.05) is 0 Å². The van der Waals surface area contributed by atoms with E-state index in [2.05, 4.69) is 5.16 Å². The molecule has 0 radical (unpaired) electrons. The number of aryl methyl sites for hydroxylation is 1. The molecular weight excluding hydrogens is 296 g/mol. The summed E-state index contributed by atoms with van der Waals surface area (Å²) in [5.41, 5.74) is 1.13. The van der Waals surface area contributed by atoms with Crippen LogP contribution in [0.15, 0.2) is 22.7 Å². The average molecular weight is 309 g/mol. The molecule has 2 aromatic rings. The second-order valence-corrected chi connectivity index (χ2v) is 5.19. The summed E-state index contributed by atoms with van der Waals surface area (Å²) in [6.45, 7) is 2.26. The van der Waals surface area contributed by atoms with E-state index in [0.29, 0.717) is 40.1 Å². The smallest absolute Gasteiger partial charge is 0.254 e. The molecule has 0 unspecified atom stereocenters. The number of halogens is 1. The Labute approximate surface area is 126 Å². The van der Waals surface area contributed by atoms with E-state index in [-0.39, 0.29) is 12.7 Å². The Kier molecular flexibility index (Phi) is 3.47. The van der Waals surface area contributed by atoms with Crippen molar-refractivity contribution >= 4 is 17.5 Å². The Bertz CT molecular complexity index is 698. The van der Waals surface area contributed by atoms with Gasteiger partial charge in [-0.15, -0.1) is 0 Å². The van der Waals surface area contributed by atoms with Crippen molar-refractivity contribution in [2.75, 3.05) is 13.8 Å². The van der Waals surface area contributed by atoms with Gasteiger partial charge < -0.3 is 18.9 Å². The van der Waals surface area contributed by atoms with Gasteiger partial charge in [0.25, 0.3) is 5.91 Å². The molecule has 1 aromatic heterocycles. The summed E-state index contributed by atoms with van der Waals surface area (Å²) in [6.07, 6.45) is 0. The van der Waals surface area contributed by atoms with Crippen LogP contribution in [0.1, 0.15) is 21.8 Å². The highest BCUT2D eigenvalue weighted by atomic mass is 35.5. The van der Waals surface area contributed by atoms with Crippen LogP contribution >= 0.6 is 11.6 Å². The van der Waals surface area contributed by atoms with Crippen molar-refractivity contribution in [3.63, 3.8) is 0 Å². The zero-order chi connectivity index (χ0) is 15.0. The van der Waals surface area contributed by atoms with E-state index in [9.17, 15) is 4.79 Å². The second-order valence-electron chi connectivity index (χ2n) is 4.78. The maximum atomic E-state index is 12.4. The molecule has 2 heterocycles. The van der Waals surface area contributed by atoms with Gasteiger partial charge in [0.2, 0.25) is 6.79 Å². The van der Waals surface area contributed by atoms with Crippen molar-refractivity contribution in [3.8, 4) is 11.5 Å². The molecule has 0 spiro atoms. The number of ether oxygens (including phenoxy) is 2. The maximum Gasteiger partial charge on any atom is 0.254 e. The second kappa shape index (κ2) is 5.29. The molecule has 1 aromatic carbocycles. The molecule has 0 N–H and O–H groups in total. The van der Waals surface area contributed by atoms with Crippen LogP contribution in [0.2, 0.25) is 5.02 Å². The third-order valence-corrected chi connectivity index (χ3v) is 3.38. The summed E-state index contributed by atoms with van der Waals surface area (Å²) in [4.78, 5) is 14.0. The quantitative estimate of drug-likeness (QED) is 0.872. The lowest BCUT2D eigenvalue weighted by molar-refractivity contribution is 0.0781. The van der Waals surface area contributed by atoms with Crippen molar-refractivity contribution in [3.05, 3.63) is 40.2 Å². The van der Waals surface area contributed by atoms with Crippen LogP contribution in [-0.4, -0.2) is 29.8 Å². The van der Waals surface area contributed by atoms with Crippen LogP contribution in [-0.2, 0) is 6.54 Å². The van der Waals surface area contributed by atoms with Crippen LogP contribution in [0.3, 0.4) is 0 Å². The Balaban J connectivity index is 1.80. The molecule has 1 aliphatic rings. The number of hydrogen-bond donors (Lipinski definition) is 0. The SMILES string of the molecule is Cc1cc(CN(C)C(=O)c2cc(Cl)c3c(c2)OCO3)no1. The van der Waals surface area contributed by atoms with Gasteiger partial charge in [0.15, 0.2) is 11.5 Å². The largest absolute Gasteiger partial charge is 0.454 e. The summed E-state index contributed by atoms with van der Waals surface area (Å²) in [6, 6.07) is 4.99. The van der Waals surface area contributed by atoms with Crippen molar-refractivity contribution in [1.82, 2.24) is 10.1 Å². The standard InChI is InChI=1S/C14H13ClN2O4/c1-8-3-10(16-21-8)6-17(2)14(18)9-4-11(15)13-12(5-9)19-7-20-13/h3-5H,6-7H2,1-2H3. The minimum atomic E-state index is -0.184. The van der Waals surface area contributed by atoms with Crippen molar-refractivity contribution < 1.29 is 18.8 Å². The predicted molar refractivity (Wildman–Crippen MR) is 74.6 cm³/mol. The lowest BCUT2D eigenvalue weighted by atomic mass is 10.1. The van der Waals surface area contributed by atoms with Gasteiger partial charge in [0.1, 0.15) is 11.5 Å². The molecule has 3 rings (SSSR count). The molecule has 1 aliphatic heterocycles. The molecule has 21 heavy (non-hydrogen) atoms. The number of benzene rings is 1. The molecule has 1 amide bonds. The van der Waals surface area contributed by atoms with Gasteiger partial charge in [-0.05, 0) is 19.1 Å². The first kappa shape index (κ1) is 13.8. The van der Waals surface area contributed by atoms with E-state index in [1.54, 1.807) is 32.2 Å². The highest BCUT2D eigenvalue weighted by molar-refractivity contribution is 6.32. The highest BCUT2D eigenvalue weighted by Crippen LogP contribution is 2.40. The molecular formula is C14H13ClN2O4. The Morgan fingerprint density at radius 2 is 2.19 bits per heavy atom. The Morgan fingerprint density at radius 3 is 2.90 bits per heavy atom. The summed E-state index contributed by atoms with van der Waals surface area (Å²) in [7, 11) is 1.69. The van der Waals surface area contributed by atoms with E-state index < -0.39 is 0 Å². The molecule has 0 fully saturated rings. The van der Waals surface area contributed by atoms with Crippen LogP contribution in [0.4, 0.5) is 0 Å². The minimum Gasteiger partial charge on any atom is -0.454 e. The molecule has 0 saturated heterocycles. The number of hydrogen-bond acceptors (Lipinski definition) is 5. The van der Waals surface area contributed by atoms with Gasteiger partial charge >= 0.3 is 0 Å². The van der Waals surface area contributed by atoms with Gasteiger partial charge in [0, 0.05) is 18.7 Å². The Hall–Kier alpha value is -2.21. The van der Waals surface area contributed by atoms with E-state index >= 15 is 0 Å². The van der Waals surface area contributed by atoms with Crippen molar-refractivity contribution in [2.45, 2.75) is 13.5 Å². The molecule has 0 saturated carbocycles. The monoisotopic (exact) mass is 308 g/mol. The normalized spacial score (nSPS) is 12.5. The van der Waals surface area contributed by atoms with Gasteiger partial charge in [-0.3, -0.25) is 4.79 Å². The predicted octanol–water partition coefficient (Wildman–Crippen LogP) is 2.64. The topological polar surface area (TPSA) is 64.8 Å². The number of rotatable bonds is 3. The molecule has 110 valence electrons. The van der Waals surface area contributed by atoms with E-state index in [0.717, 1.165) is 0 Å². The third-order valence-electron chi connectivity index (χ3n) is 3.10. The fourth-order valence-electron chi connectivity index (χ4n) is 2.12. The molecule has 0 atom stereocenters. The number of aromatic nitrogens is 1. The molecule has 7 heteroatoms. The minimum absolute atomic E-state index is 0.112. The van der Waals surface area contributed by atoms with Crippen LogP contribution in [0.5, 0.6) is 11.5 Å². The average Bonchev–Trinajstić information content (AvgIpc) is 3.07. The van der Waals surface area contributed by atoms with Gasteiger partial charge in [-0.1, -0.05) is 16.8 Å². The summed E-state index contributed by atoms with van der Waals surface area (Å²) >= 11 is 6.08. The number of fused-ring (bicyclic) bond motifs is 1. The number of carbonyl (C=O) groups is 1. The fourth-order valence-corrected chi connectivity index (χ4v) is 2.38. The molecule has 0 bridgehead atoms. The Morgan fingerprint density at radius 1 is 1.38 bits per heavy atom. The summed E-state index contributed by atoms with van der Waals surface area (Å²) < 4.78 is 15.5. The number of amides is 1. The first-order valence-corrected chi connectivity index (χ1v) is 6.69. The zero-order valence-corrected chi connectivity index (χ0v) is 12.3. The first-order valence-electron chi connectivity index (χ1n) is 6.31. The van der Waals surface area contributed by atoms with Crippen LogP contribution < -0.4 is 9.47 Å². The van der Waals surface area contributed by atoms with Gasteiger partial charge in [-0.25, -0.2) is 0 Å². The number of nitrogens with zero attached hydrogens (tertiary/aromatic N) is 2. The first-order chi connectivity index (χ1) is 10.0. The molecule has 0 aliphatic carbocycles. The van der Waals surface area contributed by atoms with Crippen LogP contribution in [0.25, 0.3) is 0 Å². The third kappa shape index (κ3) is 2.67. The van der Waals surface area contributed by atoms with Crippen LogP contribution in [0, 0.1) is 6.92 Å².